The molecule has 1 aliphatic heterocycles. The summed E-state index contributed by atoms with van der Waals surface area (Å²) in [6.07, 6.45) is 1.06. The maximum atomic E-state index is 5.40. The second-order valence-electron chi connectivity index (χ2n) is 5.24. The number of guanidine groups is 1. The summed E-state index contributed by atoms with van der Waals surface area (Å²) in [5.41, 5.74) is 3.75. The summed E-state index contributed by atoms with van der Waals surface area (Å²) >= 11 is 0. The van der Waals surface area contributed by atoms with Crippen molar-refractivity contribution in [3.05, 3.63) is 59.7 Å². The van der Waals surface area contributed by atoms with Gasteiger partial charge in [0.25, 0.3) is 0 Å². The molecule has 3 rings (SSSR count). The molecule has 0 fully saturated rings. The number of ether oxygens (including phenoxy) is 1. The van der Waals surface area contributed by atoms with Crippen molar-refractivity contribution in [3.63, 3.8) is 0 Å². The van der Waals surface area contributed by atoms with Gasteiger partial charge in [0, 0.05) is 31.4 Å². The summed E-state index contributed by atoms with van der Waals surface area (Å²) in [5, 5.41) is 3.44. The topological polar surface area (TPSA) is 36.9 Å². The first kappa shape index (κ1) is 14.4. The minimum absolute atomic E-state index is 0.690. The third kappa shape index (κ3) is 2.77. The largest absolute Gasteiger partial charge is 0.496 e. The van der Waals surface area contributed by atoms with Gasteiger partial charge in [-0.3, -0.25) is 4.99 Å². The molecule has 0 saturated heterocycles. The van der Waals surface area contributed by atoms with Crippen molar-refractivity contribution in [2.24, 2.45) is 4.99 Å². The molecule has 2 aromatic carbocycles. The second kappa shape index (κ2) is 6.52. The van der Waals surface area contributed by atoms with Crippen LogP contribution in [0.2, 0.25) is 0 Å². The molecule has 0 atom stereocenters. The van der Waals surface area contributed by atoms with Crippen molar-refractivity contribution < 1.29 is 4.74 Å². The average molecular weight is 295 g/mol. The van der Waals surface area contributed by atoms with E-state index in [9.17, 15) is 0 Å². The Morgan fingerprint density at radius 1 is 1.18 bits per heavy atom. The van der Waals surface area contributed by atoms with E-state index in [0.717, 1.165) is 30.2 Å². The molecule has 1 heterocycles. The predicted octanol–water partition coefficient (Wildman–Crippen LogP) is 2.83. The Bertz CT molecular complexity index is 682. The number of nitrogens with zero attached hydrogens (tertiary/aromatic N) is 2. The Hall–Kier alpha value is -2.49. The molecule has 0 unspecified atom stereocenters. The number of hydrogen-bond acceptors (Lipinski definition) is 2. The fraction of sp³-hybridized carbons (Fsp3) is 0.278. The van der Waals surface area contributed by atoms with Gasteiger partial charge in [0.15, 0.2) is 5.96 Å². The van der Waals surface area contributed by atoms with Crippen LogP contribution in [0.3, 0.4) is 0 Å². The molecule has 0 bridgehead atoms. The van der Waals surface area contributed by atoms with Crippen LogP contribution in [0.25, 0.3) is 0 Å². The van der Waals surface area contributed by atoms with Crippen LogP contribution < -0.4 is 15.0 Å². The minimum Gasteiger partial charge on any atom is -0.496 e. The molecule has 0 aliphatic carbocycles. The number of hydrogen-bond donors (Lipinski definition) is 1. The highest BCUT2D eigenvalue weighted by Crippen LogP contribution is 2.27. The Labute approximate surface area is 131 Å². The molecular formula is C18H21N3O. The SMILES string of the molecule is CN=C(NCc1ccccc1OC)N1CCc2ccccc21. The number of rotatable bonds is 3. The van der Waals surface area contributed by atoms with Gasteiger partial charge in [-0.1, -0.05) is 36.4 Å². The van der Waals surface area contributed by atoms with E-state index >= 15 is 0 Å². The summed E-state index contributed by atoms with van der Waals surface area (Å²) < 4.78 is 5.40. The summed E-state index contributed by atoms with van der Waals surface area (Å²) in [5.74, 6) is 1.79. The van der Waals surface area contributed by atoms with Crippen LogP contribution in [0.1, 0.15) is 11.1 Å². The standard InChI is InChI=1S/C18H21N3O/c1-19-18(20-13-15-8-4-6-10-17(15)22-2)21-12-11-14-7-3-5-9-16(14)21/h3-10H,11-13H2,1-2H3,(H,19,20). The lowest BCUT2D eigenvalue weighted by Gasteiger charge is -2.22. The smallest absolute Gasteiger partial charge is 0.198 e. The third-order valence-electron chi connectivity index (χ3n) is 3.98. The number of nitrogens with one attached hydrogen (secondary N) is 1. The molecule has 1 N–H and O–H groups in total. The van der Waals surface area contributed by atoms with Gasteiger partial charge in [0.1, 0.15) is 5.75 Å². The van der Waals surface area contributed by atoms with E-state index in [-0.39, 0.29) is 0 Å². The van der Waals surface area contributed by atoms with Gasteiger partial charge in [-0.15, -0.1) is 0 Å². The first-order valence-corrected chi connectivity index (χ1v) is 7.51. The zero-order valence-corrected chi connectivity index (χ0v) is 13.0. The van der Waals surface area contributed by atoms with Gasteiger partial charge in [-0.05, 0) is 24.1 Å². The average Bonchev–Trinajstić information content (AvgIpc) is 3.00. The quantitative estimate of drug-likeness (QED) is 0.699. The molecule has 0 radical (unpaired) electrons. The van der Waals surface area contributed by atoms with Gasteiger partial charge >= 0.3 is 0 Å². The molecule has 114 valence electrons. The molecule has 22 heavy (non-hydrogen) atoms. The van der Waals surface area contributed by atoms with Crippen molar-refractivity contribution >= 4 is 11.6 Å². The number of benzene rings is 2. The van der Waals surface area contributed by atoms with E-state index < -0.39 is 0 Å². The fourth-order valence-electron chi connectivity index (χ4n) is 2.88. The Morgan fingerprint density at radius 2 is 1.95 bits per heavy atom. The van der Waals surface area contributed by atoms with Crippen LogP contribution in [0.4, 0.5) is 5.69 Å². The predicted molar refractivity (Wildman–Crippen MR) is 90.7 cm³/mol. The molecule has 0 saturated carbocycles. The highest BCUT2D eigenvalue weighted by atomic mass is 16.5. The number of methoxy groups -OCH3 is 1. The van der Waals surface area contributed by atoms with E-state index in [4.69, 9.17) is 4.74 Å². The lowest BCUT2D eigenvalue weighted by Crippen LogP contribution is -2.40. The molecule has 1 aliphatic rings. The van der Waals surface area contributed by atoms with Crippen molar-refractivity contribution in [3.8, 4) is 5.75 Å². The number of fused-ring (bicyclic) bond motifs is 1. The maximum Gasteiger partial charge on any atom is 0.198 e. The van der Waals surface area contributed by atoms with Gasteiger partial charge in [-0.2, -0.15) is 0 Å². The van der Waals surface area contributed by atoms with E-state index in [1.165, 1.54) is 11.3 Å². The Kier molecular flexibility index (Phi) is 4.28. The Balaban J connectivity index is 1.74. The van der Waals surface area contributed by atoms with E-state index in [0.29, 0.717) is 6.54 Å². The zero-order valence-electron chi connectivity index (χ0n) is 13.0. The van der Waals surface area contributed by atoms with Crippen LogP contribution in [0.5, 0.6) is 5.75 Å². The molecule has 2 aromatic rings. The Morgan fingerprint density at radius 3 is 2.77 bits per heavy atom. The lowest BCUT2D eigenvalue weighted by molar-refractivity contribution is 0.409. The van der Waals surface area contributed by atoms with Gasteiger partial charge in [0.2, 0.25) is 0 Å². The second-order valence-corrected chi connectivity index (χ2v) is 5.24. The van der Waals surface area contributed by atoms with Crippen LogP contribution in [0.15, 0.2) is 53.5 Å². The fourth-order valence-corrected chi connectivity index (χ4v) is 2.88. The molecule has 0 amide bonds. The molecule has 0 aromatic heterocycles. The van der Waals surface area contributed by atoms with E-state index in [2.05, 4.69) is 45.5 Å². The summed E-state index contributed by atoms with van der Waals surface area (Å²) in [7, 11) is 3.52. The van der Waals surface area contributed by atoms with Crippen LogP contribution >= 0.6 is 0 Å². The first-order valence-electron chi connectivity index (χ1n) is 7.51. The van der Waals surface area contributed by atoms with Gasteiger partial charge in [0.05, 0.1) is 7.11 Å². The number of anilines is 1. The van der Waals surface area contributed by atoms with Gasteiger partial charge < -0.3 is 15.0 Å². The lowest BCUT2D eigenvalue weighted by atomic mass is 10.2. The van der Waals surface area contributed by atoms with Gasteiger partial charge in [-0.25, -0.2) is 0 Å². The van der Waals surface area contributed by atoms with E-state index in [1.54, 1.807) is 7.11 Å². The van der Waals surface area contributed by atoms with E-state index in [1.807, 2.05) is 25.2 Å². The zero-order chi connectivity index (χ0) is 15.4. The van der Waals surface area contributed by atoms with Crippen molar-refractivity contribution in [2.75, 3.05) is 25.6 Å². The minimum atomic E-state index is 0.690. The highest BCUT2D eigenvalue weighted by Gasteiger charge is 2.22. The normalized spacial score (nSPS) is 13.9. The highest BCUT2D eigenvalue weighted by molar-refractivity contribution is 5.97. The number of aliphatic imine (C=N–C) groups is 1. The van der Waals surface area contributed by atoms with Crippen molar-refractivity contribution in [2.45, 2.75) is 13.0 Å². The van der Waals surface area contributed by atoms with Crippen molar-refractivity contribution in [1.82, 2.24) is 5.32 Å². The summed E-state index contributed by atoms with van der Waals surface area (Å²) in [4.78, 5) is 6.67. The first-order chi connectivity index (χ1) is 10.8. The number of para-hydroxylation sites is 2. The summed E-state index contributed by atoms with van der Waals surface area (Å²) in [6.45, 7) is 1.65. The molecule has 0 spiro atoms. The maximum absolute atomic E-state index is 5.40. The van der Waals surface area contributed by atoms with Crippen LogP contribution in [0, 0.1) is 0 Å². The summed E-state index contributed by atoms with van der Waals surface area (Å²) in [6, 6.07) is 16.5. The monoisotopic (exact) mass is 295 g/mol. The third-order valence-corrected chi connectivity index (χ3v) is 3.98. The molecule has 4 nitrogen and oxygen atoms in total. The molecule has 4 heteroatoms. The molecular weight excluding hydrogens is 274 g/mol. The van der Waals surface area contributed by atoms with Crippen LogP contribution in [-0.2, 0) is 13.0 Å². The van der Waals surface area contributed by atoms with Crippen LogP contribution in [-0.4, -0.2) is 26.7 Å². The van der Waals surface area contributed by atoms with Crippen molar-refractivity contribution in [1.29, 1.82) is 0 Å².